The maximum atomic E-state index is 12.5. The monoisotopic (exact) mass is 322 g/mol. The van der Waals surface area contributed by atoms with E-state index in [1.54, 1.807) is 30.5 Å². The molecule has 9 heteroatoms. The first-order valence-electron chi connectivity index (χ1n) is 5.99. The molecule has 3 aromatic heterocycles. The van der Waals surface area contributed by atoms with Gasteiger partial charge in [0.1, 0.15) is 0 Å². The molecule has 1 radical (unpaired) electrons. The maximum Gasteiger partial charge on any atom is 0.230 e. The van der Waals surface area contributed by atoms with Crippen LogP contribution in [0.3, 0.4) is 0 Å². The molecule has 0 unspecified atom stereocenters. The smallest absolute Gasteiger partial charge is 0.230 e. The number of pyridine rings is 1. The van der Waals surface area contributed by atoms with E-state index in [1.807, 2.05) is 0 Å². The molecule has 0 aliphatic heterocycles. The second-order valence-electron chi connectivity index (χ2n) is 4.36. The molecule has 103 valence electrons. The van der Waals surface area contributed by atoms with Gasteiger partial charge in [-0.05, 0) is 29.5 Å². The van der Waals surface area contributed by atoms with Crippen molar-refractivity contribution in [2.45, 2.75) is 0 Å². The Kier molecular flexibility index (Phi) is 3.96. The van der Waals surface area contributed by atoms with Gasteiger partial charge in [0.25, 0.3) is 0 Å². The standard InChI is InChI=1S/C13H6ClN5O2.Na/c14-9-5-6(12-16-18-19-17-12)4-8-10(20)7-2-1-3-15-13(7)21-11(8)9;/h1-5H,(H,16,17,18,19);. The van der Waals surface area contributed by atoms with Gasteiger partial charge in [0, 0.05) is 41.3 Å². The van der Waals surface area contributed by atoms with E-state index in [9.17, 15) is 4.79 Å². The zero-order chi connectivity index (χ0) is 14.4. The molecule has 3 heterocycles. The summed E-state index contributed by atoms with van der Waals surface area (Å²) in [7, 11) is 0. The van der Waals surface area contributed by atoms with Crippen molar-refractivity contribution in [3.63, 3.8) is 0 Å². The van der Waals surface area contributed by atoms with Crippen molar-refractivity contribution in [1.82, 2.24) is 25.6 Å². The van der Waals surface area contributed by atoms with Gasteiger partial charge in [-0.25, -0.2) is 4.98 Å². The first kappa shape index (κ1) is 15.1. The molecule has 0 bridgehead atoms. The molecule has 0 fully saturated rings. The van der Waals surface area contributed by atoms with Crippen LogP contribution >= 0.6 is 11.6 Å². The van der Waals surface area contributed by atoms with Crippen molar-refractivity contribution in [3.05, 3.63) is 45.7 Å². The van der Waals surface area contributed by atoms with E-state index >= 15 is 0 Å². The second-order valence-corrected chi connectivity index (χ2v) is 4.76. The quantitative estimate of drug-likeness (QED) is 0.424. The molecule has 0 spiro atoms. The largest absolute Gasteiger partial charge is 0.436 e. The molecule has 0 amide bonds. The molecular weight excluding hydrogens is 317 g/mol. The van der Waals surface area contributed by atoms with E-state index in [0.717, 1.165) is 0 Å². The van der Waals surface area contributed by atoms with Crippen molar-refractivity contribution in [3.8, 4) is 11.4 Å². The Hall–Kier alpha value is -1.80. The third-order valence-corrected chi connectivity index (χ3v) is 3.39. The molecule has 0 atom stereocenters. The number of benzene rings is 1. The van der Waals surface area contributed by atoms with Crippen LogP contribution in [0, 0.1) is 0 Å². The number of aromatic nitrogens is 5. The fraction of sp³-hybridized carbons (Fsp3) is 0. The van der Waals surface area contributed by atoms with Crippen LogP contribution in [-0.4, -0.2) is 55.2 Å². The minimum atomic E-state index is -0.202. The van der Waals surface area contributed by atoms with Crippen molar-refractivity contribution in [1.29, 1.82) is 0 Å². The van der Waals surface area contributed by atoms with Gasteiger partial charge in [0.15, 0.2) is 5.58 Å². The zero-order valence-electron chi connectivity index (χ0n) is 11.4. The van der Waals surface area contributed by atoms with Crippen LogP contribution in [0.4, 0.5) is 0 Å². The Bertz CT molecular complexity index is 1030. The topological polar surface area (TPSA) is 97.6 Å². The molecule has 0 saturated carbocycles. The van der Waals surface area contributed by atoms with Gasteiger partial charge in [0.2, 0.25) is 17.0 Å². The summed E-state index contributed by atoms with van der Waals surface area (Å²) in [6.45, 7) is 0. The number of halogens is 1. The molecule has 4 aromatic rings. The summed E-state index contributed by atoms with van der Waals surface area (Å²) in [6.07, 6.45) is 1.55. The molecular formula is C13H6ClN5NaO2. The SMILES string of the molecule is O=c1c2cccnc2oc2c(Cl)cc(-c3nn[nH]n3)cc12.[Na]. The number of nitrogens with zero attached hydrogens (tertiary/aromatic N) is 4. The molecule has 0 saturated heterocycles. The number of nitrogens with one attached hydrogen (secondary N) is 1. The minimum Gasteiger partial charge on any atom is -0.436 e. The van der Waals surface area contributed by atoms with Gasteiger partial charge in [0.05, 0.1) is 15.8 Å². The molecule has 0 aliphatic carbocycles. The summed E-state index contributed by atoms with van der Waals surface area (Å²) >= 11 is 6.20. The molecule has 1 aromatic carbocycles. The number of fused-ring (bicyclic) bond motifs is 2. The Labute approximate surface area is 150 Å². The summed E-state index contributed by atoms with van der Waals surface area (Å²) in [5, 5.41) is 14.6. The summed E-state index contributed by atoms with van der Waals surface area (Å²) in [6, 6.07) is 6.58. The van der Waals surface area contributed by atoms with Crippen LogP contribution in [0.2, 0.25) is 5.02 Å². The fourth-order valence-electron chi connectivity index (χ4n) is 2.17. The normalized spacial score (nSPS) is 10.8. The molecule has 22 heavy (non-hydrogen) atoms. The first-order chi connectivity index (χ1) is 10.2. The zero-order valence-corrected chi connectivity index (χ0v) is 14.1. The predicted octanol–water partition coefficient (Wildman–Crippen LogP) is 1.79. The van der Waals surface area contributed by atoms with Gasteiger partial charge < -0.3 is 4.42 Å². The van der Waals surface area contributed by atoms with E-state index < -0.39 is 0 Å². The minimum absolute atomic E-state index is 0. The summed E-state index contributed by atoms with van der Waals surface area (Å²) in [4.78, 5) is 16.6. The first-order valence-corrected chi connectivity index (χ1v) is 6.37. The van der Waals surface area contributed by atoms with Crippen LogP contribution in [0.5, 0.6) is 0 Å². The van der Waals surface area contributed by atoms with E-state index in [-0.39, 0.29) is 45.7 Å². The van der Waals surface area contributed by atoms with Crippen LogP contribution in [-0.2, 0) is 0 Å². The van der Waals surface area contributed by atoms with Crippen molar-refractivity contribution >= 4 is 63.2 Å². The molecule has 1 N–H and O–H groups in total. The summed E-state index contributed by atoms with van der Waals surface area (Å²) in [5.74, 6) is 0.351. The summed E-state index contributed by atoms with van der Waals surface area (Å²) < 4.78 is 5.62. The third-order valence-electron chi connectivity index (χ3n) is 3.11. The van der Waals surface area contributed by atoms with Gasteiger partial charge in [-0.3, -0.25) is 4.79 Å². The fourth-order valence-corrected chi connectivity index (χ4v) is 2.42. The van der Waals surface area contributed by atoms with Crippen molar-refractivity contribution < 1.29 is 4.42 Å². The second kappa shape index (κ2) is 5.77. The van der Waals surface area contributed by atoms with Crippen molar-refractivity contribution in [2.24, 2.45) is 0 Å². The van der Waals surface area contributed by atoms with Gasteiger partial charge in [-0.15, -0.1) is 10.2 Å². The van der Waals surface area contributed by atoms with E-state index in [2.05, 4.69) is 25.6 Å². The maximum absolute atomic E-state index is 12.5. The van der Waals surface area contributed by atoms with E-state index in [4.69, 9.17) is 16.0 Å². The Balaban J connectivity index is 0.00000144. The Morgan fingerprint density at radius 1 is 1.23 bits per heavy atom. The van der Waals surface area contributed by atoms with Crippen LogP contribution in [0.1, 0.15) is 0 Å². The van der Waals surface area contributed by atoms with Gasteiger partial charge in [-0.2, -0.15) is 5.21 Å². The number of hydrogen-bond acceptors (Lipinski definition) is 6. The molecule has 4 rings (SSSR count). The van der Waals surface area contributed by atoms with Crippen molar-refractivity contribution in [2.75, 3.05) is 0 Å². The average molecular weight is 323 g/mol. The van der Waals surface area contributed by atoms with Crippen LogP contribution in [0.25, 0.3) is 33.5 Å². The Morgan fingerprint density at radius 2 is 2.09 bits per heavy atom. The number of rotatable bonds is 1. The van der Waals surface area contributed by atoms with Gasteiger partial charge >= 0.3 is 0 Å². The van der Waals surface area contributed by atoms with E-state index in [0.29, 0.717) is 27.7 Å². The third kappa shape index (κ3) is 2.32. The molecule has 7 nitrogen and oxygen atoms in total. The van der Waals surface area contributed by atoms with Crippen LogP contribution in [0.15, 0.2) is 39.7 Å². The van der Waals surface area contributed by atoms with Gasteiger partial charge in [-0.1, -0.05) is 11.6 Å². The number of tetrazole rings is 1. The molecule has 0 aliphatic rings. The number of hydrogen-bond donors (Lipinski definition) is 1. The number of aromatic amines is 1. The van der Waals surface area contributed by atoms with Crippen LogP contribution < -0.4 is 5.43 Å². The average Bonchev–Trinajstić information content (AvgIpc) is 3.03. The van der Waals surface area contributed by atoms with E-state index in [1.165, 1.54) is 0 Å². The number of H-pyrrole nitrogens is 1. The Morgan fingerprint density at radius 3 is 2.86 bits per heavy atom. The predicted molar refractivity (Wildman–Crippen MR) is 81.7 cm³/mol. The summed E-state index contributed by atoms with van der Waals surface area (Å²) in [5.41, 5.74) is 0.924.